The van der Waals surface area contributed by atoms with Crippen molar-refractivity contribution < 1.29 is 13.9 Å². The van der Waals surface area contributed by atoms with E-state index in [9.17, 15) is 9.18 Å². The smallest absolute Gasteiger partial charge is 0.256 e. The van der Waals surface area contributed by atoms with Crippen LogP contribution in [0.5, 0.6) is 5.75 Å². The number of alkyl halides is 1. The predicted octanol–water partition coefficient (Wildman–Crippen LogP) is 2.34. The van der Waals surface area contributed by atoms with Crippen LogP contribution in [-0.2, 0) is 11.2 Å². The molecule has 1 aromatic rings. The van der Waals surface area contributed by atoms with Gasteiger partial charge in [0.05, 0.1) is 7.11 Å². The number of hydrogen-bond acceptors (Lipinski definition) is 2. The SMILES string of the molecule is COc1ccc(CC(F)C(=O)Cl)cc1. The van der Waals surface area contributed by atoms with Crippen LogP contribution < -0.4 is 4.74 Å². The maximum absolute atomic E-state index is 12.9. The Hall–Kier alpha value is -1.09. The average molecular weight is 217 g/mol. The maximum Gasteiger partial charge on any atom is 0.256 e. The summed E-state index contributed by atoms with van der Waals surface area (Å²) in [5.41, 5.74) is 0.715. The van der Waals surface area contributed by atoms with E-state index in [1.54, 1.807) is 31.4 Å². The van der Waals surface area contributed by atoms with Crippen LogP contribution >= 0.6 is 11.6 Å². The summed E-state index contributed by atoms with van der Waals surface area (Å²) < 4.78 is 17.8. The van der Waals surface area contributed by atoms with E-state index in [1.165, 1.54) is 0 Å². The first-order valence-corrected chi connectivity index (χ1v) is 4.47. The summed E-state index contributed by atoms with van der Waals surface area (Å²) in [5.74, 6) is 0.696. The Bertz CT molecular complexity index is 310. The Morgan fingerprint density at radius 3 is 2.50 bits per heavy atom. The first-order valence-electron chi connectivity index (χ1n) is 4.10. The fraction of sp³-hybridized carbons (Fsp3) is 0.300. The predicted molar refractivity (Wildman–Crippen MR) is 52.5 cm³/mol. The van der Waals surface area contributed by atoms with Crippen molar-refractivity contribution in [2.75, 3.05) is 7.11 Å². The number of halogens is 2. The van der Waals surface area contributed by atoms with Gasteiger partial charge in [-0.15, -0.1) is 0 Å². The van der Waals surface area contributed by atoms with E-state index < -0.39 is 11.4 Å². The summed E-state index contributed by atoms with van der Waals surface area (Å²) in [4.78, 5) is 10.4. The molecule has 0 aromatic heterocycles. The minimum absolute atomic E-state index is 0.00628. The van der Waals surface area contributed by atoms with Gasteiger partial charge in [0.1, 0.15) is 5.75 Å². The number of carbonyl (C=O) groups is 1. The number of ether oxygens (including phenoxy) is 1. The highest BCUT2D eigenvalue weighted by molar-refractivity contribution is 6.64. The number of hydrogen-bond donors (Lipinski definition) is 0. The minimum Gasteiger partial charge on any atom is -0.497 e. The van der Waals surface area contributed by atoms with Crippen LogP contribution in [0.2, 0.25) is 0 Å². The zero-order valence-electron chi connectivity index (χ0n) is 7.67. The zero-order chi connectivity index (χ0) is 10.6. The van der Waals surface area contributed by atoms with Gasteiger partial charge in [0.15, 0.2) is 6.17 Å². The van der Waals surface area contributed by atoms with Crippen molar-refractivity contribution >= 4 is 16.8 Å². The third-order valence-corrected chi connectivity index (χ3v) is 2.06. The van der Waals surface area contributed by atoms with Crippen LogP contribution in [0.3, 0.4) is 0 Å². The first-order chi connectivity index (χ1) is 6.63. The van der Waals surface area contributed by atoms with Crippen molar-refractivity contribution in [3.63, 3.8) is 0 Å². The normalized spacial score (nSPS) is 12.2. The molecule has 0 amide bonds. The number of benzene rings is 1. The van der Waals surface area contributed by atoms with Gasteiger partial charge in [0, 0.05) is 6.42 Å². The van der Waals surface area contributed by atoms with Gasteiger partial charge in [-0.25, -0.2) is 4.39 Å². The molecule has 0 heterocycles. The molecule has 4 heteroatoms. The second kappa shape index (κ2) is 4.96. The highest BCUT2D eigenvalue weighted by Crippen LogP contribution is 2.14. The highest BCUT2D eigenvalue weighted by Gasteiger charge is 2.14. The number of carbonyl (C=O) groups excluding carboxylic acids is 1. The summed E-state index contributed by atoms with van der Waals surface area (Å²) in [6, 6.07) is 6.82. The van der Waals surface area contributed by atoms with E-state index in [0.717, 1.165) is 0 Å². The van der Waals surface area contributed by atoms with Gasteiger partial charge in [-0.3, -0.25) is 4.79 Å². The summed E-state index contributed by atoms with van der Waals surface area (Å²) in [6.45, 7) is 0. The standard InChI is InChI=1S/C10H10ClFO2/c1-14-8-4-2-7(3-5-8)6-9(12)10(11)13/h2-5,9H,6H2,1H3. The van der Waals surface area contributed by atoms with Crippen molar-refractivity contribution in [2.24, 2.45) is 0 Å². The van der Waals surface area contributed by atoms with Crippen molar-refractivity contribution in [2.45, 2.75) is 12.6 Å². The molecule has 0 saturated carbocycles. The van der Waals surface area contributed by atoms with E-state index in [2.05, 4.69) is 0 Å². The lowest BCUT2D eigenvalue weighted by molar-refractivity contribution is -0.115. The van der Waals surface area contributed by atoms with Crippen molar-refractivity contribution in [3.8, 4) is 5.75 Å². The van der Waals surface area contributed by atoms with Gasteiger partial charge in [0.25, 0.3) is 5.24 Å². The van der Waals surface area contributed by atoms with Crippen LogP contribution in [0.1, 0.15) is 5.56 Å². The Kier molecular flexibility index (Phi) is 3.89. The third kappa shape index (κ3) is 3.00. The van der Waals surface area contributed by atoms with Gasteiger partial charge < -0.3 is 4.74 Å². The summed E-state index contributed by atoms with van der Waals surface area (Å²) in [6.07, 6.45) is -1.63. The molecule has 0 N–H and O–H groups in total. The van der Waals surface area contributed by atoms with Gasteiger partial charge in [-0.05, 0) is 29.3 Å². The Balaban J connectivity index is 2.64. The Morgan fingerprint density at radius 1 is 1.50 bits per heavy atom. The van der Waals surface area contributed by atoms with Crippen LogP contribution in [0.4, 0.5) is 4.39 Å². The molecule has 1 rings (SSSR count). The lowest BCUT2D eigenvalue weighted by Crippen LogP contribution is -2.12. The van der Waals surface area contributed by atoms with Crippen LogP contribution in [0.15, 0.2) is 24.3 Å². The topological polar surface area (TPSA) is 26.3 Å². The molecule has 0 radical (unpaired) electrons. The number of methoxy groups -OCH3 is 1. The molecule has 0 spiro atoms. The molecule has 0 bridgehead atoms. The highest BCUT2D eigenvalue weighted by atomic mass is 35.5. The minimum atomic E-state index is -1.63. The molecule has 0 fully saturated rings. The van der Waals surface area contributed by atoms with Crippen molar-refractivity contribution in [3.05, 3.63) is 29.8 Å². The van der Waals surface area contributed by atoms with Crippen LogP contribution in [-0.4, -0.2) is 18.5 Å². The lowest BCUT2D eigenvalue weighted by Gasteiger charge is -2.04. The molecule has 0 aliphatic heterocycles. The monoisotopic (exact) mass is 216 g/mol. The molecule has 0 aliphatic rings. The fourth-order valence-corrected chi connectivity index (χ4v) is 1.13. The molecule has 0 saturated heterocycles. The molecule has 14 heavy (non-hydrogen) atoms. The summed E-state index contributed by atoms with van der Waals surface area (Å²) >= 11 is 5.00. The second-order valence-corrected chi connectivity index (χ2v) is 3.20. The average Bonchev–Trinajstić information content (AvgIpc) is 2.19. The summed E-state index contributed by atoms with van der Waals surface area (Å²) in [7, 11) is 1.55. The van der Waals surface area contributed by atoms with Crippen molar-refractivity contribution in [1.82, 2.24) is 0 Å². The zero-order valence-corrected chi connectivity index (χ0v) is 8.42. The van der Waals surface area contributed by atoms with E-state index in [0.29, 0.717) is 11.3 Å². The molecule has 1 atom stereocenters. The third-order valence-electron chi connectivity index (χ3n) is 1.82. The lowest BCUT2D eigenvalue weighted by atomic mass is 10.1. The molecule has 1 unspecified atom stereocenters. The maximum atomic E-state index is 12.9. The number of rotatable bonds is 4. The van der Waals surface area contributed by atoms with Gasteiger partial charge >= 0.3 is 0 Å². The molecular formula is C10H10ClFO2. The molecular weight excluding hydrogens is 207 g/mol. The second-order valence-electron chi connectivity index (χ2n) is 2.82. The van der Waals surface area contributed by atoms with Crippen LogP contribution in [0, 0.1) is 0 Å². The van der Waals surface area contributed by atoms with E-state index >= 15 is 0 Å². The fourth-order valence-electron chi connectivity index (χ4n) is 1.05. The van der Waals surface area contributed by atoms with E-state index in [4.69, 9.17) is 16.3 Å². The first kappa shape index (κ1) is 11.0. The Labute approximate surface area is 86.6 Å². The van der Waals surface area contributed by atoms with E-state index in [-0.39, 0.29) is 6.42 Å². The van der Waals surface area contributed by atoms with Crippen LogP contribution in [0.25, 0.3) is 0 Å². The van der Waals surface area contributed by atoms with Gasteiger partial charge in [-0.1, -0.05) is 12.1 Å². The molecule has 0 aliphatic carbocycles. The quantitative estimate of drug-likeness (QED) is 0.723. The Morgan fingerprint density at radius 2 is 2.07 bits per heavy atom. The summed E-state index contributed by atoms with van der Waals surface area (Å²) in [5, 5.41) is -0.958. The van der Waals surface area contributed by atoms with Gasteiger partial charge in [-0.2, -0.15) is 0 Å². The molecule has 2 nitrogen and oxygen atoms in total. The largest absolute Gasteiger partial charge is 0.497 e. The van der Waals surface area contributed by atoms with Gasteiger partial charge in [0.2, 0.25) is 0 Å². The molecule has 1 aromatic carbocycles. The molecule has 76 valence electrons. The van der Waals surface area contributed by atoms with E-state index in [1.807, 2.05) is 0 Å². The van der Waals surface area contributed by atoms with Crippen molar-refractivity contribution in [1.29, 1.82) is 0 Å².